The number of hydrogen-bond donors (Lipinski definition) is 1. The van der Waals surface area contributed by atoms with Crippen LogP contribution < -0.4 is 0 Å². The van der Waals surface area contributed by atoms with Gasteiger partial charge in [0, 0.05) is 18.8 Å². The van der Waals surface area contributed by atoms with E-state index in [1.807, 2.05) is 103 Å². The molecule has 2 unspecified atom stereocenters. The minimum atomic E-state index is -0.730. The Labute approximate surface area is 202 Å². The smallest absolute Gasteiger partial charge is 0.338 e. The molecule has 1 aliphatic rings. The predicted molar refractivity (Wildman–Crippen MR) is 137 cm³/mol. The van der Waals surface area contributed by atoms with Gasteiger partial charge in [0.25, 0.3) is 0 Å². The molecule has 3 nitrogen and oxygen atoms in total. The fraction of sp³-hybridized carbons (Fsp3) is 0.258. The van der Waals surface area contributed by atoms with E-state index in [-0.39, 0.29) is 5.76 Å². The van der Waals surface area contributed by atoms with Gasteiger partial charge in [-0.1, -0.05) is 116 Å². The molecule has 2 atom stereocenters. The molecule has 4 rings (SSSR count). The van der Waals surface area contributed by atoms with Crippen LogP contribution in [0.15, 0.2) is 108 Å². The highest BCUT2D eigenvalue weighted by Crippen LogP contribution is 2.41. The summed E-state index contributed by atoms with van der Waals surface area (Å²) in [6, 6.07) is 29.8. The van der Waals surface area contributed by atoms with E-state index in [0.29, 0.717) is 18.4 Å². The molecule has 0 aromatic heterocycles. The summed E-state index contributed by atoms with van der Waals surface area (Å²) in [5.41, 5.74) is 2.68. The predicted octanol–water partition coefficient (Wildman–Crippen LogP) is 7.41. The van der Waals surface area contributed by atoms with Gasteiger partial charge in [-0.25, -0.2) is 4.79 Å². The first kappa shape index (κ1) is 23.6. The molecule has 3 aromatic rings. The number of aliphatic hydroxyl groups is 1. The summed E-state index contributed by atoms with van der Waals surface area (Å²) in [4.78, 5) is 13.5. The molecule has 1 heterocycles. The molecule has 174 valence electrons. The first-order valence-corrected chi connectivity index (χ1v) is 12.1. The van der Waals surface area contributed by atoms with Gasteiger partial charge in [-0.2, -0.15) is 0 Å². The summed E-state index contributed by atoms with van der Waals surface area (Å²) < 4.78 is 6.23. The zero-order valence-corrected chi connectivity index (χ0v) is 19.7. The van der Waals surface area contributed by atoms with Crippen LogP contribution >= 0.6 is 0 Å². The summed E-state index contributed by atoms with van der Waals surface area (Å²) in [5, 5.41) is 11.3. The molecular weight excluding hydrogens is 420 g/mol. The molecular formula is C31H32O3. The number of ether oxygens (including phenoxy) is 1. The third-order valence-electron chi connectivity index (χ3n) is 6.44. The van der Waals surface area contributed by atoms with Crippen molar-refractivity contribution in [3.8, 4) is 0 Å². The van der Waals surface area contributed by atoms with Crippen LogP contribution in [0.25, 0.3) is 6.08 Å². The number of rotatable bonds is 9. The average Bonchev–Trinajstić information content (AvgIpc) is 2.86. The third kappa shape index (κ3) is 5.66. The van der Waals surface area contributed by atoms with Crippen molar-refractivity contribution in [3.05, 3.63) is 125 Å². The van der Waals surface area contributed by atoms with Crippen molar-refractivity contribution < 1.29 is 14.6 Å². The van der Waals surface area contributed by atoms with Gasteiger partial charge in [0.2, 0.25) is 0 Å². The highest BCUT2D eigenvalue weighted by atomic mass is 16.6. The number of allylic oxidation sites excluding steroid dienone is 1. The van der Waals surface area contributed by atoms with E-state index in [4.69, 9.17) is 4.74 Å². The maximum atomic E-state index is 13.5. The number of hydrogen-bond acceptors (Lipinski definition) is 3. The van der Waals surface area contributed by atoms with Crippen LogP contribution in [-0.2, 0) is 16.0 Å². The lowest BCUT2D eigenvalue weighted by atomic mass is 9.80. The van der Waals surface area contributed by atoms with E-state index >= 15 is 0 Å². The minimum absolute atomic E-state index is 0.134. The lowest BCUT2D eigenvalue weighted by Gasteiger charge is -2.38. The van der Waals surface area contributed by atoms with Crippen LogP contribution in [0.1, 0.15) is 55.2 Å². The van der Waals surface area contributed by atoms with Gasteiger partial charge < -0.3 is 9.84 Å². The van der Waals surface area contributed by atoms with Gasteiger partial charge in [0.15, 0.2) is 0 Å². The van der Waals surface area contributed by atoms with Crippen LogP contribution in [-0.4, -0.2) is 16.7 Å². The molecule has 3 heteroatoms. The van der Waals surface area contributed by atoms with E-state index in [1.54, 1.807) is 0 Å². The number of esters is 1. The molecule has 3 aromatic carbocycles. The van der Waals surface area contributed by atoms with Gasteiger partial charge in [-0.3, -0.25) is 0 Å². The summed E-state index contributed by atoms with van der Waals surface area (Å²) in [6.07, 6.45) is 7.54. The van der Waals surface area contributed by atoms with Crippen molar-refractivity contribution in [2.45, 2.75) is 50.5 Å². The molecule has 0 saturated heterocycles. The number of aliphatic hydroxyl groups excluding tert-OH is 1. The third-order valence-corrected chi connectivity index (χ3v) is 6.44. The van der Waals surface area contributed by atoms with Crippen LogP contribution in [0.5, 0.6) is 0 Å². The summed E-state index contributed by atoms with van der Waals surface area (Å²) in [5.74, 6) is -0.688. The van der Waals surface area contributed by atoms with Crippen LogP contribution in [0.2, 0.25) is 0 Å². The van der Waals surface area contributed by atoms with Crippen molar-refractivity contribution in [3.63, 3.8) is 0 Å². The lowest BCUT2D eigenvalue weighted by Crippen LogP contribution is -2.43. The first-order chi connectivity index (χ1) is 16.6. The van der Waals surface area contributed by atoms with E-state index in [1.165, 1.54) is 0 Å². The summed E-state index contributed by atoms with van der Waals surface area (Å²) in [7, 11) is 0. The van der Waals surface area contributed by atoms with E-state index in [2.05, 4.69) is 6.92 Å². The highest BCUT2D eigenvalue weighted by molar-refractivity contribution is 5.93. The fourth-order valence-corrected chi connectivity index (χ4v) is 4.71. The Kier molecular flexibility index (Phi) is 7.64. The van der Waals surface area contributed by atoms with Crippen LogP contribution in [0.3, 0.4) is 0 Å². The van der Waals surface area contributed by atoms with Gasteiger partial charge in [0.1, 0.15) is 11.4 Å². The molecule has 1 aliphatic heterocycles. The second-order valence-electron chi connectivity index (χ2n) is 9.03. The number of carbonyl (C=O) groups is 1. The zero-order chi connectivity index (χ0) is 23.8. The van der Waals surface area contributed by atoms with Crippen molar-refractivity contribution in [2.24, 2.45) is 0 Å². The molecule has 1 N–H and O–H groups in total. The van der Waals surface area contributed by atoms with Crippen molar-refractivity contribution in [2.75, 3.05) is 0 Å². The monoisotopic (exact) mass is 452 g/mol. The number of cyclic esters (lactones) is 1. The van der Waals surface area contributed by atoms with E-state index in [9.17, 15) is 9.90 Å². The van der Waals surface area contributed by atoms with E-state index < -0.39 is 17.5 Å². The number of benzene rings is 3. The lowest BCUT2D eigenvalue weighted by molar-refractivity contribution is -0.160. The Morgan fingerprint density at radius 2 is 1.56 bits per heavy atom. The topological polar surface area (TPSA) is 46.5 Å². The van der Waals surface area contributed by atoms with Crippen molar-refractivity contribution in [1.82, 2.24) is 0 Å². The Morgan fingerprint density at radius 3 is 2.18 bits per heavy atom. The molecule has 0 fully saturated rings. The molecule has 34 heavy (non-hydrogen) atoms. The number of carbonyl (C=O) groups excluding carboxylic acids is 1. The average molecular weight is 453 g/mol. The molecule has 0 saturated carbocycles. The Hall–Kier alpha value is -3.59. The molecule has 0 bridgehead atoms. The maximum absolute atomic E-state index is 13.5. The van der Waals surface area contributed by atoms with Crippen molar-refractivity contribution >= 4 is 12.0 Å². The SMILES string of the molecule is CCCCC1(Cc2ccccc2)CC(O)=C(C(C=Cc2ccccc2)c2ccccc2)C(=O)O1. The second-order valence-corrected chi connectivity index (χ2v) is 9.03. The van der Waals surface area contributed by atoms with Crippen molar-refractivity contribution in [1.29, 1.82) is 0 Å². The van der Waals surface area contributed by atoms with Crippen LogP contribution in [0.4, 0.5) is 0 Å². The van der Waals surface area contributed by atoms with Gasteiger partial charge in [-0.15, -0.1) is 0 Å². The largest absolute Gasteiger partial charge is 0.512 e. The highest BCUT2D eigenvalue weighted by Gasteiger charge is 2.43. The Bertz CT molecular complexity index is 1130. The standard InChI is InChI=1S/C31H32O3/c1-2-3-21-31(22-25-15-9-5-10-16-25)23-28(32)29(30(33)34-31)27(26-17-11-6-12-18-26)20-19-24-13-7-4-8-14-24/h4-20,27,32H,2-3,21-23H2,1H3. The summed E-state index contributed by atoms with van der Waals surface area (Å²) >= 11 is 0. The van der Waals surface area contributed by atoms with E-state index in [0.717, 1.165) is 36.0 Å². The van der Waals surface area contributed by atoms with Crippen LogP contribution in [0, 0.1) is 0 Å². The maximum Gasteiger partial charge on any atom is 0.338 e. The second kappa shape index (κ2) is 11.0. The molecule has 0 radical (unpaired) electrons. The minimum Gasteiger partial charge on any atom is -0.512 e. The zero-order valence-electron chi connectivity index (χ0n) is 19.7. The molecule has 0 aliphatic carbocycles. The Morgan fingerprint density at radius 1 is 0.941 bits per heavy atom. The number of unbranched alkanes of at least 4 members (excludes halogenated alkanes) is 1. The quantitative estimate of drug-likeness (QED) is 0.344. The van der Waals surface area contributed by atoms with Gasteiger partial charge >= 0.3 is 5.97 Å². The van der Waals surface area contributed by atoms with Gasteiger partial charge in [0.05, 0.1) is 5.57 Å². The van der Waals surface area contributed by atoms with Gasteiger partial charge in [-0.05, 0) is 29.5 Å². The fourth-order valence-electron chi connectivity index (χ4n) is 4.71. The molecule has 0 spiro atoms. The normalized spacial score (nSPS) is 19.3. The summed E-state index contributed by atoms with van der Waals surface area (Å²) in [6.45, 7) is 2.13. The first-order valence-electron chi connectivity index (χ1n) is 12.1. The Balaban J connectivity index is 1.71. The molecule has 0 amide bonds.